The molecule has 2 aromatic rings. The van der Waals surface area contributed by atoms with Crippen LogP contribution in [0.1, 0.15) is 286 Å². The van der Waals surface area contributed by atoms with Gasteiger partial charge in [-0.25, -0.2) is 4.79 Å². The van der Waals surface area contributed by atoms with Crippen molar-refractivity contribution in [1.82, 2.24) is 53.2 Å². The minimum absolute atomic E-state index is 0.132. The third-order valence-electron chi connectivity index (χ3n) is 17.7. The Morgan fingerprint density at radius 1 is 0.269 bits per heavy atom. The summed E-state index contributed by atoms with van der Waals surface area (Å²) >= 11 is 0. The molecule has 0 aromatic heterocycles. The maximum Gasteiger partial charge on any atom is 0.407 e. The molecule has 0 heterocycles. The van der Waals surface area contributed by atoms with Crippen LogP contribution in [0.5, 0.6) is 0 Å². The topological polar surface area (TPSA) is 548 Å². The zero-order chi connectivity index (χ0) is 99.0. The highest BCUT2D eigenvalue weighted by Gasteiger charge is 2.40. The van der Waals surface area contributed by atoms with E-state index in [1.54, 1.807) is 83.1 Å². The standard InChI is InChI=1S/C91H138N10O29/c1-84(2,3)123-67(105)41-33-57(75(113)92-50-66(103)104)95-77(115)59(35-43-69(107)125-86(7,8)9)97-79(117)61(37-45-71(109)127-88(13,14)15)99-81(119)63(39-47-73(111)129-90(19,20)21)101-82(120)64(40-48-74(112)130-91(22,23)24)100-80(118)62(38-46-72(110)128-89(16,17)18)98-78(116)60(36-44-70(108)126-87(10,11)12)96-76(114)58(34-42-68(106)124-85(4,5)6)94-65(102)49-93-83(121)122-51-56-54-31-27-25-29-52(54)53-30-26-28-32-55(53)56/h25-32,56-64H,33-51H2,1-24H3,(H,92,113)(H,93,121)(H,94,102)(H,95,115)(H,96,114)(H,97,117)(H,98,116)(H,99,119)(H,100,118)(H,101,120)(H,103,104)/t57-,58-,59-,60-,61-,62-,63-,64-/m0/s1. The second-order valence-corrected chi connectivity index (χ2v) is 39.3. The van der Waals surface area contributed by atoms with Crippen LogP contribution in [0, 0.1) is 0 Å². The summed E-state index contributed by atoms with van der Waals surface area (Å²) in [5.74, 6) is -20.0. The smallest absolute Gasteiger partial charge is 0.407 e. The maximum absolute atomic E-state index is 15.4. The summed E-state index contributed by atoms with van der Waals surface area (Å²) < 4.78 is 49.7. The minimum Gasteiger partial charge on any atom is -0.480 e. The van der Waals surface area contributed by atoms with Crippen LogP contribution in [-0.2, 0) is 129 Å². The van der Waals surface area contributed by atoms with Gasteiger partial charge in [0.2, 0.25) is 53.2 Å². The van der Waals surface area contributed by atoms with Gasteiger partial charge in [-0.1, -0.05) is 48.5 Å². The first-order valence-electron chi connectivity index (χ1n) is 43.4. The number of carboxylic acid groups (broad SMARTS) is 1. The summed E-state index contributed by atoms with van der Waals surface area (Å²) in [4.78, 5) is 266. The van der Waals surface area contributed by atoms with Gasteiger partial charge in [0.05, 0.1) is 0 Å². The van der Waals surface area contributed by atoms with Gasteiger partial charge in [-0.15, -0.1) is 0 Å². The number of fused-ring (bicyclic) bond motifs is 3. The highest BCUT2D eigenvalue weighted by atomic mass is 16.6. The summed E-state index contributed by atoms with van der Waals surface area (Å²) in [5.41, 5.74) is -5.06. The van der Waals surface area contributed by atoms with Crippen molar-refractivity contribution in [3.63, 3.8) is 0 Å². The Morgan fingerprint density at radius 2 is 0.462 bits per heavy atom. The Labute approximate surface area is 760 Å². The van der Waals surface area contributed by atoms with Gasteiger partial charge >= 0.3 is 59.8 Å². The first-order chi connectivity index (χ1) is 59.6. The molecule has 39 heteroatoms. The number of hydrogen-bond acceptors (Lipinski definition) is 28. The van der Waals surface area contributed by atoms with Crippen LogP contribution in [0.3, 0.4) is 0 Å². The first kappa shape index (κ1) is 112. The zero-order valence-corrected chi connectivity index (χ0v) is 79.6. The van der Waals surface area contributed by atoms with E-state index in [1.165, 1.54) is 83.1 Å². The summed E-state index contributed by atoms with van der Waals surface area (Å²) in [6.07, 6.45) is -11.1. The molecule has 0 bridgehead atoms. The molecule has 0 radical (unpaired) electrons. The van der Waals surface area contributed by atoms with E-state index >= 15 is 24.0 Å². The number of alkyl carbamates (subject to hydrolysis) is 1. The molecular weight excluding hydrogens is 1700 g/mol. The van der Waals surface area contributed by atoms with Crippen molar-refractivity contribution in [3.8, 4) is 11.1 Å². The molecular formula is C91H138N10O29. The van der Waals surface area contributed by atoms with Crippen LogP contribution in [0.2, 0.25) is 0 Å². The van der Waals surface area contributed by atoms with E-state index in [0.717, 1.165) is 22.3 Å². The van der Waals surface area contributed by atoms with Gasteiger partial charge in [-0.2, -0.15) is 0 Å². The van der Waals surface area contributed by atoms with Crippen LogP contribution in [-0.4, -0.2) is 231 Å². The van der Waals surface area contributed by atoms with Gasteiger partial charge in [-0.05, 0) is 240 Å². The number of benzene rings is 2. The third-order valence-corrected chi connectivity index (χ3v) is 17.7. The van der Waals surface area contributed by atoms with Crippen molar-refractivity contribution in [2.75, 3.05) is 19.7 Å². The lowest BCUT2D eigenvalue weighted by Crippen LogP contribution is -2.60. The van der Waals surface area contributed by atoms with Gasteiger partial charge in [-0.3, -0.25) is 86.3 Å². The third kappa shape index (κ3) is 46.9. The molecule has 39 nitrogen and oxygen atoms in total. The number of hydrogen-bond donors (Lipinski definition) is 11. The van der Waals surface area contributed by atoms with Crippen LogP contribution in [0.15, 0.2) is 48.5 Å². The van der Waals surface area contributed by atoms with Gasteiger partial charge < -0.3 is 101 Å². The van der Waals surface area contributed by atoms with Gasteiger partial charge in [0, 0.05) is 57.3 Å². The Hall–Kier alpha value is -11.8. The average Bonchev–Trinajstić information content (AvgIpc) is 1.61. The SMILES string of the molecule is CC(C)(C)OC(=O)CC[C@H](NC(=O)CNC(=O)OCC1c2ccccc2-c2ccccc21)C(=O)N[C@@H](CCC(=O)OC(C)(C)C)C(=O)N[C@@H](CCC(=O)OC(C)(C)C)C(=O)N[C@@H](CCC(=O)OC(C)(C)C)C(=O)N[C@@H](CCC(=O)OC(C)(C)C)C(=O)N[C@@H](CCC(=O)OC(C)(C)C)C(=O)N[C@@H](CCC(=O)OC(C)(C)C)C(=O)N[C@@H](CCC(=O)OC(C)(C)C)C(=O)NCC(=O)O. The molecule has 130 heavy (non-hydrogen) atoms. The highest BCUT2D eigenvalue weighted by molar-refractivity contribution is 6.00. The lowest BCUT2D eigenvalue weighted by Gasteiger charge is -2.29. The summed E-state index contributed by atoms with van der Waals surface area (Å²) in [6, 6.07) is -0.0427. The van der Waals surface area contributed by atoms with E-state index in [4.69, 9.17) is 42.6 Å². The largest absolute Gasteiger partial charge is 0.480 e. The van der Waals surface area contributed by atoms with E-state index in [2.05, 4.69) is 53.2 Å². The van der Waals surface area contributed by atoms with Crippen molar-refractivity contribution >= 4 is 113 Å². The highest BCUT2D eigenvalue weighted by Crippen LogP contribution is 2.44. The minimum atomic E-state index is -2.01. The Bertz CT molecular complexity index is 4260. The number of amides is 10. The van der Waals surface area contributed by atoms with Crippen LogP contribution < -0.4 is 53.2 Å². The Balaban J connectivity index is 2.28. The van der Waals surface area contributed by atoms with Crippen LogP contribution in [0.25, 0.3) is 11.1 Å². The monoisotopic (exact) mass is 1830 g/mol. The van der Waals surface area contributed by atoms with Crippen molar-refractivity contribution in [1.29, 1.82) is 0 Å². The fraction of sp³-hybridized carbons (Fsp3) is 0.659. The lowest BCUT2D eigenvalue weighted by molar-refractivity contribution is -0.157. The molecule has 0 saturated heterocycles. The van der Waals surface area contributed by atoms with E-state index in [1.807, 2.05) is 48.5 Å². The molecule has 8 atom stereocenters. The predicted octanol–water partition coefficient (Wildman–Crippen LogP) is 6.58. The molecule has 0 unspecified atom stereocenters. The molecule has 726 valence electrons. The second kappa shape index (κ2) is 49.8. The van der Waals surface area contributed by atoms with Crippen LogP contribution in [0.4, 0.5) is 4.79 Å². The van der Waals surface area contributed by atoms with E-state index in [9.17, 15) is 72.2 Å². The number of carboxylic acids is 1. The fourth-order valence-electron chi connectivity index (χ4n) is 12.6. The van der Waals surface area contributed by atoms with Gasteiger partial charge in [0.25, 0.3) is 0 Å². The zero-order valence-electron chi connectivity index (χ0n) is 79.6. The van der Waals surface area contributed by atoms with Gasteiger partial charge in [0.1, 0.15) is 113 Å². The van der Waals surface area contributed by atoms with Crippen molar-refractivity contribution < 1.29 is 139 Å². The quantitative estimate of drug-likeness (QED) is 0.0246. The molecule has 3 rings (SSSR count). The molecule has 11 N–H and O–H groups in total. The second-order valence-electron chi connectivity index (χ2n) is 39.3. The molecule has 1 aliphatic rings. The van der Waals surface area contributed by atoms with Crippen molar-refractivity contribution in [3.05, 3.63) is 59.7 Å². The van der Waals surface area contributed by atoms with E-state index < -0.39 is 322 Å². The van der Waals surface area contributed by atoms with Crippen molar-refractivity contribution in [2.45, 2.75) is 368 Å². The Kier molecular flexibility index (Phi) is 43.0. The summed E-state index contributed by atoms with van der Waals surface area (Å²) in [5, 5.41) is 33.6. The maximum atomic E-state index is 15.4. The number of rotatable bonds is 46. The molecule has 0 fully saturated rings. The number of aliphatic carboxylic acids is 1. The van der Waals surface area contributed by atoms with Crippen molar-refractivity contribution in [2.24, 2.45) is 0 Å². The number of esters is 8. The number of nitrogens with one attached hydrogen (secondary N) is 10. The molecule has 2 aromatic carbocycles. The summed E-state index contributed by atoms with van der Waals surface area (Å²) in [6.45, 7) is 35.3. The Morgan fingerprint density at radius 3 is 0.662 bits per heavy atom. The summed E-state index contributed by atoms with van der Waals surface area (Å²) in [7, 11) is 0. The van der Waals surface area contributed by atoms with E-state index in [0.29, 0.717) is 0 Å². The lowest BCUT2D eigenvalue weighted by atomic mass is 9.98. The first-order valence-corrected chi connectivity index (χ1v) is 43.4. The molecule has 1 aliphatic carbocycles. The fourth-order valence-corrected chi connectivity index (χ4v) is 12.6. The van der Waals surface area contributed by atoms with E-state index in [-0.39, 0.29) is 12.5 Å². The van der Waals surface area contributed by atoms with Crippen LogP contribution >= 0.6 is 0 Å². The molecule has 0 spiro atoms. The normalized spacial score (nSPS) is 14.2. The average molecular weight is 1840 g/mol. The number of carbonyl (C=O) groups excluding carboxylic acids is 18. The number of ether oxygens (including phenoxy) is 9. The predicted molar refractivity (Wildman–Crippen MR) is 470 cm³/mol. The van der Waals surface area contributed by atoms with Gasteiger partial charge in [0.15, 0.2) is 0 Å². The molecule has 0 saturated carbocycles. The number of carbonyl (C=O) groups is 19. The molecule has 0 aliphatic heterocycles. The molecule has 10 amide bonds.